The van der Waals surface area contributed by atoms with E-state index in [1.54, 1.807) is 6.07 Å². The fourth-order valence-electron chi connectivity index (χ4n) is 4.00. The number of hydrogen-bond acceptors (Lipinski definition) is 6. The predicted molar refractivity (Wildman–Crippen MR) is 106 cm³/mol. The van der Waals surface area contributed by atoms with Gasteiger partial charge in [0.15, 0.2) is 5.82 Å². The summed E-state index contributed by atoms with van der Waals surface area (Å²) in [5, 5.41) is 12.6. The third kappa shape index (κ3) is 3.27. The summed E-state index contributed by atoms with van der Waals surface area (Å²) in [7, 11) is 0. The van der Waals surface area contributed by atoms with Gasteiger partial charge in [0.25, 0.3) is 6.43 Å². The molecule has 1 aromatic carbocycles. The molecule has 0 atom stereocenters. The van der Waals surface area contributed by atoms with Crippen LogP contribution in [-0.4, -0.2) is 41.5 Å². The first kappa shape index (κ1) is 18.2. The number of aryl methyl sites for hydroxylation is 1. The van der Waals surface area contributed by atoms with Crippen LogP contribution in [0.25, 0.3) is 10.9 Å². The minimum absolute atomic E-state index is 0.0137. The summed E-state index contributed by atoms with van der Waals surface area (Å²) in [5.74, 6) is 0.601. The number of alkyl halides is 2. The number of rotatable bonds is 5. The molecule has 2 fully saturated rings. The number of anilines is 2. The highest BCUT2D eigenvalue weighted by atomic mass is 19.3. The maximum Gasteiger partial charge on any atom is 0.263 e. The molecule has 0 bridgehead atoms. The molecule has 29 heavy (non-hydrogen) atoms. The van der Waals surface area contributed by atoms with E-state index in [0.29, 0.717) is 17.8 Å². The molecule has 0 saturated carbocycles. The zero-order chi connectivity index (χ0) is 20.0. The van der Waals surface area contributed by atoms with Gasteiger partial charge in [-0.15, -0.1) is 5.10 Å². The van der Waals surface area contributed by atoms with E-state index in [0.717, 1.165) is 54.2 Å². The van der Waals surface area contributed by atoms with Crippen LogP contribution in [0.15, 0.2) is 36.5 Å². The molecular weight excluding hydrogens is 376 g/mol. The molecule has 3 aromatic rings. The molecule has 0 aliphatic carbocycles. The number of pyridine rings is 1. The Labute approximate surface area is 166 Å². The molecule has 0 unspecified atom stereocenters. The van der Waals surface area contributed by atoms with E-state index in [2.05, 4.69) is 31.5 Å². The normalized spacial score (nSPS) is 17.4. The van der Waals surface area contributed by atoms with Crippen molar-refractivity contribution < 1.29 is 13.5 Å². The molecule has 2 saturated heterocycles. The molecule has 2 aliphatic heterocycles. The maximum absolute atomic E-state index is 12.9. The Hall–Kier alpha value is -2.87. The first-order valence-corrected chi connectivity index (χ1v) is 9.60. The van der Waals surface area contributed by atoms with Crippen molar-refractivity contribution in [2.45, 2.75) is 19.9 Å². The molecule has 8 heteroatoms. The Bertz CT molecular complexity index is 1060. The highest BCUT2D eigenvalue weighted by Gasteiger charge is 2.49. The van der Waals surface area contributed by atoms with Gasteiger partial charge in [-0.2, -0.15) is 5.10 Å². The average molecular weight is 397 g/mol. The minimum atomic E-state index is -2.48. The quantitative estimate of drug-likeness (QED) is 0.708. The lowest BCUT2D eigenvalue weighted by Gasteiger charge is -2.55. The molecule has 0 radical (unpaired) electrons. The highest BCUT2D eigenvalue weighted by molar-refractivity contribution is 5.92. The highest BCUT2D eigenvalue weighted by Crippen LogP contribution is 2.40. The Morgan fingerprint density at radius 3 is 2.76 bits per heavy atom. The zero-order valence-corrected chi connectivity index (χ0v) is 16.0. The molecule has 1 spiro atoms. The number of nitrogens with zero attached hydrogens (tertiary/aromatic N) is 4. The van der Waals surface area contributed by atoms with Crippen LogP contribution in [0, 0.1) is 12.3 Å². The monoisotopic (exact) mass is 397 g/mol. The lowest BCUT2D eigenvalue weighted by molar-refractivity contribution is -0.127. The van der Waals surface area contributed by atoms with Crippen molar-refractivity contribution in [3.63, 3.8) is 0 Å². The smallest absolute Gasteiger partial charge is 0.263 e. The number of halogens is 2. The van der Waals surface area contributed by atoms with Crippen LogP contribution in [-0.2, 0) is 11.3 Å². The number of hydrogen-bond donors (Lipinski definition) is 1. The van der Waals surface area contributed by atoms with Gasteiger partial charge in [0.1, 0.15) is 0 Å². The van der Waals surface area contributed by atoms with E-state index in [-0.39, 0.29) is 5.56 Å². The van der Waals surface area contributed by atoms with Crippen LogP contribution in [0.5, 0.6) is 0 Å². The summed E-state index contributed by atoms with van der Waals surface area (Å²) in [6.07, 6.45) is -0.609. The van der Waals surface area contributed by atoms with Crippen LogP contribution in [0.4, 0.5) is 20.3 Å². The van der Waals surface area contributed by atoms with Crippen molar-refractivity contribution >= 4 is 22.4 Å². The summed E-state index contributed by atoms with van der Waals surface area (Å²) >= 11 is 0. The molecular formula is C21H21F2N5O. The topological polar surface area (TPSA) is 63.2 Å². The molecule has 0 amide bonds. The molecule has 2 aliphatic rings. The second-order valence-corrected chi connectivity index (χ2v) is 7.97. The average Bonchev–Trinajstić information content (AvgIpc) is 2.65. The van der Waals surface area contributed by atoms with Crippen LogP contribution in [0.3, 0.4) is 0 Å². The van der Waals surface area contributed by atoms with Crippen molar-refractivity contribution in [2.75, 3.05) is 36.5 Å². The first-order valence-electron chi connectivity index (χ1n) is 9.60. The Kier molecular flexibility index (Phi) is 4.31. The number of nitrogens with one attached hydrogen (secondary N) is 1. The molecule has 6 nitrogen and oxygen atoms in total. The SMILES string of the molecule is Cc1nnc(NCc2cccc(C(F)F)c2)c2cc(N3CC4(COC4)C3)cnc12. The summed E-state index contributed by atoms with van der Waals surface area (Å²) in [4.78, 5) is 6.91. The number of aromatic nitrogens is 3. The third-order valence-electron chi connectivity index (χ3n) is 5.67. The lowest BCUT2D eigenvalue weighted by Crippen LogP contribution is -2.66. The van der Waals surface area contributed by atoms with Gasteiger partial charge >= 0.3 is 0 Å². The van der Waals surface area contributed by atoms with E-state index in [4.69, 9.17) is 4.74 Å². The van der Waals surface area contributed by atoms with Gasteiger partial charge in [-0.25, -0.2) is 8.78 Å². The van der Waals surface area contributed by atoms with Crippen LogP contribution < -0.4 is 10.2 Å². The molecule has 5 rings (SSSR count). The van der Waals surface area contributed by atoms with E-state index in [1.165, 1.54) is 12.1 Å². The molecule has 4 heterocycles. The number of fused-ring (bicyclic) bond motifs is 1. The van der Waals surface area contributed by atoms with Crippen LogP contribution in [0.2, 0.25) is 0 Å². The second-order valence-electron chi connectivity index (χ2n) is 7.97. The van der Waals surface area contributed by atoms with Gasteiger partial charge in [-0.05, 0) is 24.6 Å². The lowest BCUT2D eigenvalue weighted by atomic mass is 9.78. The Morgan fingerprint density at radius 1 is 1.21 bits per heavy atom. The van der Waals surface area contributed by atoms with E-state index in [1.807, 2.05) is 19.2 Å². The summed E-state index contributed by atoms with van der Waals surface area (Å²) in [6, 6.07) is 8.46. The van der Waals surface area contributed by atoms with Gasteiger partial charge in [-0.3, -0.25) is 4.98 Å². The van der Waals surface area contributed by atoms with Crippen LogP contribution >= 0.6 is 0 Å². The molecule has 150 valence electrons. The van der Waals surface area contributed by atoms with E-state index >= 15 is 0 Å². The fourth-order valence-corrected chi connectivity index (χ4v) is 4.00. The van der Waals surface area contributed by atoms with E-state index < -0.39 is 6.43 Å². The van der Waals surface area contributed by atoms with Gasteiger partial charge in [-0.1, -0.05) is 18.2 Å². The zero-order valence-electron chi connectivity index (χ0n) is 16.0. The van der Waals surface area contributed by atoms with Gasteiger partial charge < -0.3 is 15.0 Å². The second kappa shape index (κ2) is 6.88. The van der Waals surface area contributed by atoms with Crippen molar-refractivity contribution in [3.05, 3.63) is 53.3 Å². The van der Waals surface area contributed by atoms with Crippen molar-refractivity contribution in [2.24, 2.45) is 5.41 Å². The standard InChI is InChI=1S/C21H21F2N5O/c1-13-18-17(6-16(8-24-18)28-9-21(10-28)11-29-12-21)20(27-26-13)25-7-14-3-2-4-15(5-14)19(22)23/h2-6,8,19H,7,9-12H2,1H3,(H,25,27). The van der Waals surface area contributed by atoms with Crippen LogP contribution in [0.1, 0.15) is 23.2 Å². The Morgan fingerprint density at radius 2 is 2.03 bits per heavy atom. The minimum Gasteiger partial charge on any atom is -0.380 e. The van der Waals surface area contributed by atoms with Gasteiger partial charge in [0.2, 0.25) is 0 Å². The largest absolute Gasteiger partial charge is 0.380 e. The first-order chi connectivity index (χ1) is 14.0. The summed E-state index contributed by atoms with van der Waals surface area (Å²) < 4.78 is 31.2. The van der Waals surface area contributed by atoms with Gasteiger partial charge in [0.05, 0.1) is 41.7 Å². The maximum atomic E-state index is 12.9. The third-order valence-corrected chi connectivity index (χ3v) is 5.67. The van der Waals surface area contributed by atoms with Crippen molar-refractivity contribution in [1.29, 1.82) is 0 Å². The molecule has 1 N–H and O–H groups in total. The van der Waals surface area contributed by atoms with Gasteiger partial charge in [0, 0.05) is 30.6 Å². The number of benzene rings is 1. The van der Waals surface area contributed by atoms with Crippen molar-refractivity contribution in [3.8, 4) is 0 Å². The Balaban J connectivity index is 1.40. The number of ether oxygens (including phenoxy) is 1. The fraction of sp³-hybridized carbons (Fsp3) is 0.381. The molecule has 2 aromatic heterocycles. The summed E-state index contributed by atoms with van der Waals surface area (Å²) in [6.45, 7) is 5.87. The summed E-state index contributed by atoms with van der Waals surface area (Å²) in [5.41, 5.74) is 3.68. The predicted octanol–water partition coefficient (Wildman–Crippen LogP) is 3.72. The van der Waals surface area contributed by atoms with E-state index in [9.17, 15) is 8.78 Å². The van der Waals surface area contributed by atoms with Crippen molar-refractivity contribution in [1.82, 2.24) is 15.2 Å².